The zero-order valence-electron chi connectivity index (χ0n) is 17.5. The first-order valence-electron chi connectivity index (χ1n) is 10.2. The lowest BCUT2D eigenvalue weighted by Gasteiger charge is -2.28. The third kappa shape index (κ3) is 5.10. The van der Waals surface area contributed by atoms with Crippen LogP contribution in [-0.4, -0.2) is 52.1 Å². The maximum absolute atomic E-state index is 6.13. The Morgan fingerprint density at radius 2 is 2.03 bits per heavy atom. The zero-order valence-corrected chi connectivity index (χ0v) is 19.9. The Bertz CT molecular complexity index is 1100. The lowest BCUT2D eigenvalue weighted by atomic mass is 10.2. The third-order valence-corrected chi connectivity index (χ3v) is 6.81. The Labute approximate surface area is 196 Å². The SMILES string of the molecule is C=CCN(Cc1ccc(Cl)s1)Cn1nc(N2CCOCC2)n(-c2ccccc2C)c1=S. The van der Waals surface area contributed by atoms with Crippen LogP contribution >= 0.6 is 35.2 Å². The summed E-state index contributed by atoms with van der Waals surface area (Å²) in [5, 5.41) is 4.97. The molecule has 0 spiro atoms. The summed E-state index contributed by atoms with van der Waals surface area (Å²) >= 11 is 13.6. The molecule has 164 valence electrons. The third-order valence-electron chi connectivity index (χ3n) is 5.20. The monoisotopic (exact) mass is 475 g/mol. The lowest BCUT2D eigenvalue weighted by Crippen LogP contribution is -2.38. The van der Waals surface area contributed by atoms with Crippen LogP contribution in [0.1, 0.15) is 10.4 Å². The van der Waals surface area contributed by atoms with Gasteiger partial charge in [-0.15, -0.1) is 23.0 Å². The largest absolute Gasteiger partial charge is 0.378 e. The summed E-state index contributed by atoms with van der Waals surface area (Å²) in [7, 11) is 0. The number of anilines is 1. The van der Waals surface area contributed by atoms with Crippen molar-refractivity contribution in [1.29, 1.82) is 0 Å². The molecular weight excluding hydrogens is 450 g/mol. The second-order valence-corrected chi connectivity index (χ2v) is 9.62. The normalized spacial score (nSPS) is 14.4. The van der Waals surface area contributed by atoms with Crippen molar-refractivity contribution in [1.82, 2.24) is 19.2 Å². The highest BCUT2D eigenvalue weighted by Gasteiger charge is 2.22. The molecule has 1 fully saturated rings. The summed E-state index contributed by atoms with van der Waals surface area (Å²) < 4.78 is 11.0. The summed E-state index contributed by atoms with van der Waals surface area (Å²) in [6.07, 6.45) is 1.90. The number of hydrogen-bond donors (Lipinski definition) is 0. The van der Waals surface area contributed by atoms with Gasteiger partial charge in [0.15, 0.2) is 0 Å². The van der Waals surface area contributed by atoms with E-state index in [0.29, 0.717) is 24.7 Å². The van der Waals surface area contributed by atoms with Gasteiger partial charge in [-0.1, -0.05) is 35.9 Å². The van der Waals surface area contributed by atoms with Gasteiger partial charge >= 0.3 is 0 Å². The quantitative estimate of drug-likeness (QED) is 0.342. The van der Waals surface area contributed by atoms with Gasteiger partial charge in [-0.25, -0.2) is 4.68 Å². The van der Waals surface area contributed by atoms with Crippen LogP contribution in [0.4, 0.5) is 5.95 Å². The molecule has 31 heavy (non-hydrogen) atoms. The summed E-state index contributed by atoms with van der Waals surface area (Å²) in [6, 6.07) is 12.3. The van der Waals surface area contributed by atoms with E-state index in [2.05, 4.69) is 46.1 Å². The van der Waals surface area contributed by atoms with Gasteiger partial charge < -0.3 is 9.64 Å². The smallest absolute Gasteiger partial charge is 0.230 e. The molecule has 6 nitrogen and oxygen atoms in total. The highest BCUT2D eigenvalue weighted by Crippen LogP contribution is 2.25. The number of aromatic nitrogens is 3. The molecule has 0 N–H and O–H groups in total. The maximum Gasteiger partial charge on any atom is 0.230 e. The van der Waals surface area contributed by atoms with Crippen molar-refractivity contribution in [3.63, 3.8) is 0 Å². The minimum Gasteiger partial charge on any atom is -0.378 e. The summed E-state index contributed by atoms with van der Waals surface area (Å²) in [4.78, 5) is 5.70. The fraction of sp³-hybridized carbons (Fsp3) is 0.364. The maximum atomic E-state index is 6.13. The van der Waals surface area contributed by atoms with Crippen molar-refractivity contribution in [2.24, 2.45) is 0 Å². The van der Waals surface area contributed by atoms with Crippen LogP contribution < -0.4 is 4.90 Å². The second kappa shape index (κ2) is 10.1. The van der Waals surface area contributed by atoms with Gasteiger partial charge in [0.25, 0.3) is 0 Å². The molecule has 1 aliphatic rings. The van der Waals surface area contributed by atoms with Crippen LogP contribution in [0.5, 0.6) is 0 Å². The van der Waals surface area contributed by atoms with Gasteiger partial charge in [-0.2, -0.15) is 0 Å². The van der Waals surface area contributed by atoms with Crippen molar-refractivity contribution in [2.75, 3.05) is 37.7 Å². The molecule has 9 heteroatoms. The van der Waals surface area contributed by atoms with Crippen molar-refractivity contribution in [2.45, 2.75) is 20.1 Å². The Balaban J connectivity index is 1.70. The molecule has 0 atom stereocenters. The van der Waals surface area contributed by atoms with E-state index in [9.17, 15) is 0 Å². The Kier molecular flexibility index (Phi) is 7.24. The Morgan fingerprint density at radius 3 is 2.71 bits per heavy atom. The highest BCUT2D eigenvalue weighted by atomic mass is 35.5. The van der Waals surface area contributed by atoms with Crippen LogP contribution in [-0.2, 0) is 18.0 Å². The molecule has 1 saturated heterocycles. The van der Waals surface area contributed by atoms with E-state index in [1.54, 1.807) is 11.3 Å². The van der Waals surface area contributed by atoms with E-state index in [1.165, 1.54) is 4.88 Å². The van der Waals surface area contributed by atoms with Crippen LogP contribution in [0.3, 0.4) is 0 Å². The first-order valence-corrected chi connectivity index (χ1v) is 11.8. The van der Waals surface area contributed by atoms with Crippen LogP contribution in [0, 0.1) is 11.7 Å². The zero-order chi connectivity index (χ0) is 21.8. The van der Waals surface area contributed by atoms with E-state index in [-0.39, 0.29) is 0 Å². The standard InChI is InChI=1S/C22H26ClN5OS2/c1-3-10-25(15-18-8-9-20(23)31-18)16-27-22(30)28(19-7-5-4-6-17(19)2)21(24-27)26-11-13-29-14-12-26/h3-9H,1,10-16H2,2H3. The van der Waals surface area contributed by atoms with Crippen LogP contribution in [0.25, 0.3) is 5.69 Å². The molecule has 2 aromatic heterocycles. The van der Waals surface area contributed by atoms with Crippen molar-refractivity contribution in [3.8, 4) is 5.69 Å². The second-order valence-electron chi connectivity index (χ2n) is 7.45. The number of ether oxygens (including phenoxy) is 1. The number of thiophene rings is 1. The molecule has 4 rings (SSSR count). The van der Waals surface area contributed by atoms with E-state index in [1.807, 2.05) is 29.0 Å². The van der Waals surface area contributed by atoms with Crippen LogP contribution in [0.2, 0.25) is 4.34 Å². The lowest BCUT2D eigenvalue weighted by molar-refractivity contribution is 0.121. The molecule has 1 aromatic carbocycles. The van der Waals surface area contributed by atoms with Crippen molar-refractivity contribution >= 4 is 41.1 Å². The molecule has 0 saturated carbocycles. The molecular formula is C22H26ClN5OS2. The van der Waals surface area contributed by atoms with Crippen LogP contribution in [0.15, 0.2) is 49.1 Å². The molecule has 0 amide bonds. The van der Waals surface area contributed by atoms with E-state index < -0.39 is 0 Å². The predicted molar refractivity (Wildman–Crippen MR) is 130 cm³/mol. The first-order chi connectivity index (χ1) is 15.1. The summed E-state index contributed by atoms with van der Waals surface area (Å²) in [5.41, 5.74) is 2.21. The highest BCUT2D eigenvalue weighted by molar-refractivity contribution is 7.71. The number of morpholine rings is 1. The molecule has 0 radical (unpaired) electrons. The molecule has 0 aliphatic carbocycles. The van der Waals surface area contributed by atoms with Gasteiger partial charge in [0.05, 0.1) is 29.9 Å². The Hall–Kier alpha value is -1.97. The number of rotatable bonds is 8. The summed E-state index contributed by atoms with van der Waals surface area (Å²) in [6.45, 7) is 11.0. The summed E-state index contributed by atoms with van der Waals surface area (Å²) in [5.74, 6) is 0.861. The molecule has 3 aromatic rings. The topological polar surface area (TPSA) is 38.5 Å². The molecule has 3 heterocycles. The molecule has 0 unspecified atom stereocenters. The predicted octanol–water partition coefficient (Wildman–Crippen LogP) is 4.91. The molecule has 0 bridgehead atoms. The number of benzene rings is 1. The van der Waals surface area contributed by atoms with E-state index >= 15 is 0 Å². The minimum atomic E-state index is 0.566. The fourth-order valence-electron chi connectivity index (χ4n) is 3.68. The van der Waals surface area contributed by atoms with Gasteiger partial charge in [0.1, 0.15) is 0 Å². The first kappa shape index (κ1) is 22.2. The van der Waals surface area contributed by atoms with E-state index in [0.717, 1.165) is 47.7 Å². The average molecular weight is 476 g/mol. The van der Waals surface area contributed by atoms with Gasteiger partial charge in [-0.3, -0.25) is 9.47 Å². The number of aryl methyl sites for hydroxylation is 1. The Morgan fingerprint density at radius 1 is 1.26 bits per heavy atom. The fourth-order valence-corrected chi connectivity index (χ4v) is 5.09. The number of nitrogens with zero attached hydrogens (tertiary/aromatic N) is 5. The number of halogens is 1. The van der Waals surface area contributed by atoms with Gasteiger partial charge in [0.2, 0.25) is 10.7 Å². The van der Waals surface area contributed by atoms with Crippen molar-refractivity contribution in [3.05, 3.63) is 68.6 Å². The number of hydrogen-bond acceptors (Lipinski definition) is 6. The molecule has 1 aliphatic heterocycles. The van der Waals surface area contributed by atoms with Gasteiger partial charge in [0, 0.05) is 31.1 Å². The average Bonchev–Trinajstić information content (AvgIpc) is 3.32. The number of para-hydroxylation sites is 1. The minimum absolute atomic E-state index is 0.566. The van der Waals surface area contributed by atoms with E-state index in [4.69, 9.17) is 33.7 Å². The van der Waals surface area contributed by atoms with Crippen molar-refractivity contribution < 1.29 is 4.74 Å². The van der Waals surface area contributed by atoms with Gasteiger partial charge in [-0.05, 0) is 42.9 Å².